The summed E-state index contributed by atoms with van der Waals surface area (Å²) in [6, 6.07) is 7.71. The lowest BCUT2D eigenvalue weighted by Gasteiger charge is -2.42. The van der Waals surface area contributed by atoms with Crippen LogP contribution in [0.4, 0.5) is 0 Å². The summed E-state index contributed by atoms with van der Waals surface area (Å²) in [4.78, 5) is 15.0. The van der Waals surface area contributed by atoms with Gasteiger partial charge in [0.15, 0.2) is 5.78 Å². The zero-order chi connectivity index (χ0) is 19.5. The van der Waals surface area contributed by atoms with Crippen molar-refractivity contribution in [1.82, 2.24) is 4.90 Å². The Labute approximate surface area is 165 Å². The Hall–Kier alpha value is -1.23. The first kappa shape index (κ1) is 22.1. The number of hydrogen-bond acceptors (Lipinski definition) is 4. The van der Waals surface area contributed by atoms with Crippen LogP contribution in [0.5, 0.6) is 0 Å². The van der Waals surface area contributed by atoms with E-state index < -0.39 is 0 Å². The number of unbranched alkanes of at least 4 members (excludes halogenated alkanes) is 1. The first-order valence-electron chi connectivity index (χ1n) is 10.8. The molecule has 4 nitrogen and oxygen atoms in total. The molecular weight excluding hydrogens is 336 g/mol. The molecule has 1 heterocycles. The molecule has 0 bridgehead atoms. The van der Waals surface area contributed by atoms with E-state index in [1.54, 1.807) is 0 Å². The molecule has 0 unspecified atom stereocenters. The quantitative estimate of drug-likeness (QED) is 0.545. The minimum absolute atomic E-state index is 0.0956. The average molecular weight is 375 g/mol. The Kier molecular flexibility index (Phi) is 9.46. The zero-order valence-electron chi connectivity index (χ0n) is 17.3. The molecule has 1 fully saturated rings. The van der Waals surface area contributed by atoms with Gasteiger partial charge in [0.25, 0.3) is 0 Å². The van der Waals surface area contributed by atoms with Crippen LogP contribution in [0.1, 0.15) is 81.1 Å². The highest BCUT2D eigenvalue weighted by Gasteiger charge is 2.34. The van der Waals surface area contributed by atoms with Crippen LogP contribution < -0.4 is 5.73 Å². The van der Waals surface area contributed by atoms with Crippen LogP contribution in [0.2, 0.25) is 0 Å². The fourth-order valence-electron chi connectivity index (χ4n) is 4.04. The van der Waals surface area contributed by atoms with E-state index in [2.05, 4.69) is 18.7 Å². The maximum atomic E-state index is 12.5. The topological polar surface area (TPSA) is 55.6 Å². The molecule has 0 saturated carbocycles. The van der Waals surface area contributed by atoms with Gasteiger partial charge >= 0.3 is 0 Å². The van der Waals surface area contributed by atoms with Gasteiger partial charge in [0, 0.05) is 38.2 Å². The van der Waals surface area contributed by atoms with Crippen molar-refractivity contribution in [2.45, 2.75) is 77.4 Å². The van der Waals surface area contributed by atoms with Gasteiger partial charge in [-0.3, -0.25) is 4.79 Å². The Morgan fingerprint density at radius 1 is 1.15 bits per heavy atom. The Balaban J connectivity index is 1.77. The standard InChI is InChI=1S/C23H38N2O2/c1-3-5-12-23(27-18-4-2)13-16-25(17-14-23)15-8-11-22(26)21-10-7-6-9-20(21)19-24/h6-7,9-10H,3-5,8,11-19,24H2,1-2H3. The highest BCUT2D eigenvalue weighted by atomic mass is 16.5. The van der Waals surface area contributed by atoms with Gasteiger partial charge in [0.1, 0.15) is 0 Å². The molecule has 1 saturated heterocycles. The van der Waals surface area contributed by atoms with Crippen molar-refractivity contribution < 1.29 is 9.53 Å². The molecule has 4 heteroatoms. The summed E-state index contributed by atoms with van der Waals surface area (Å²) in [6.45, 7) is 8.89. The van der Waals surface area contributed by atoms with Crippen molar-refractivity contribution in [3.05, 3.63) is 35.4 Å². The van der Waals surface area contributed by atoms with Crippen LogP contribution in [-0.2, 0) is 11.3 Å². The van der Waals surface area contributed by atoms with Crippen LogP contribution in [-0.4, -0.2) is 42.5 Å². The number of carbonyl (C=O) groups excluding carboxylic acids is 1. The second kappa shape index (κ2) is 11.6. The molecule has 1 aliphatic rings. The molecule has 27 heavy (non-hydrogen) atoms. The summed E-state index contributed by atoms with van der Waals surface area (Å²) >= 11 is 0. The third-order valence-corrected chi connectivity index (χ3v) is 5.78. The number of nitrogens with zero attached hydrogens (tertiary/aromatic N) is 1. The average Bonchev–Trinajstić information content (AvgIpc) is 2.72. The molecule has 1 aromatic rings. The second-order valence-electron chi connectivity index (χ2n) is 7.86. The molecule has 152 valence electrons. The number of rotatable bonds is 12. The minimum Gasteiger partial charge on any atom is -0.375 e. The van der Waals surface area contributed by atoms with E-state index >= 15 is 0 Å². The van der Waals surface area contributed by atoms with Gasteiger partial charge in [-0.1, -0.05) is 51.0 Å². The van der Waals surface area contributed by atoms with Crippen molar-refractivity contribution in [2.75, 3.05) is 26.2 Å². The minimum atomic E-state index is 0.0956. The van der Waals surface area contributed by atoms with Crippen LogP contribution in [0.15, 0.2) is 24.3 Å². The lowest BCUT2D eigenvalue weighted by atomic mass is 9.86. The molecule has 0 aliphatic carbocycles. The smallest absolute Gasteiger partial charge is 0.163 e. The third kappa shape index (κ3) is 6.70. The first-order chi connectivity index (χ1) is 13.1. The highest BCUT2D eigenvalue weighted by molar-refractivity contribution is 5.97. The maximum Gasteiger partial charge on any atom is 0.163 e. The van der Waals surface area contributed by atoms with E-state index in [0.717, 1.165) is 63.1 Å². The van der Waals surface area contributed by atoms with Gasteiger partial charge in [0.2, 0.25) is 0 Å². The number of hydrogen-bond donors (Lipinski definition) is 1. The van der Waals surface area contributed by atoms with E-state index in [1.807, 2.05) is 24.3 Å². The van der Waals surface area contributed by atoms with Gasteiger partial charge < -0.3 is 15.4 Å². The largest absolute Gasteiger partial charge is 0.375 e. The first-order valence-corrected chi connectivity index (χ1v) is 10.8. The Morgan fingerprint density at radius 2 is 1.89 bits per heavy atom. The number of ether oxygens (including phenoxy) is 1. The fraction of sp³-hybridized carbons (Fsp3) is 0.696. The molecule has 2 N–H and O–H groups in total. The molecular formula is C23H38N2O2. The lowest BCUT2D eigenvalue weighted by Crippen LogP contribution is -2.46. The van der Waals surface area contributed by atoms with Gasteiger partial charge in [-0.05, 0) is 44.2 Å². The number of ketones is 1. The van der Waals surface area contributed by atoms with Crippen LogP contribution >= 0.6 is 0 Å². The summed E-state index contributed by atoms with van der Waals surface area (Å²) in [5.41, 5.74) is 7.60. The van der Waals surface area contributed by atoms with E-state index in [9.17, 15) is 4.79 Å². The lowest BCUT2D eigenvalue weighted by molar-refractivity contribution is -0.0899. The predicted molar refractivity (Wildman–Crippen MR) is 112 cm³/mol. The summed E-state index contributed by atoms with van der Waals surface area (Å²) < 4.78 is 6.30. The van der Waals surface area contributed by atoms with Gasteiger partial charge in [-0.25, -0.2) is 0 Å². The molecule has 0 atom stereocenters. The Bertz CT molecular complexity index is 555. The van der Waals surface area contributed by atoms with Gasteiger partial charge in [-0.15, -0.1) is 0 Å². The van der Waals surface area contributed by atoms with Crippen molar-refractivity contribution in [3.8, 4) is 0 Å². The molecule has 0 aromatic heterocycles. The molecule has 1 aliphatic heterocycles. The normalized spacial score (nSPS) is 17.1. The number of nitrogens with two attached hydrogens (primary N) is 1. The van der Waals surface area contributed by atoms with Crippen molar-refractivity contribution in [1.29, 1.82) is 0 Å². The van der Waals surface area contributed by atoms with Crippen LogP contribution in [0.25, 0.3) is 0 Å². The molecule has 0 amide bonds. The monoisotopic (exact) mass is 374 g/mol. The third-order valence-electron chi connectivity index (χ3n) is 5.78. The summed E-state index contributed by atoms with van der Waals surface area (Å²) in [7, 11) is 0. The van der Waals surface area contributed by atoms with Crippen molar-refractivity contribution in [2.24, 2.45) is 5.73 Å². The van der Waals surface area contributed by atoms with Crippen molar-refractivity contribution in [3.63, 3.8) is 0 Å². The molecule has 2 rings (SSSR count). The van der Waals surface area contributed by atoms with Gasteiger partial charge in [0.05, 0.1) is 5.60 Å². The fourth-order valence-corrected chi connectivity index (χ4v) is 4.04. The second-order valence-corrected chi connectivity index (χ2v) is 7.86. The molecule has 0 radical (unpaired) electrons. The SMILES string of the molecule is CCCCC1(OCCC)CCN(CCCC(=O)c2ccccc2CN)CC1. The molecule has 1 aromatic carbocycles. The Morgan fingerprint density at radius 3 is 2.56 bits per heavy atom. The number of likely N-dealkylation sites (tertiary alicyclic amines) is 1. The predicted octanol–water partition coefficient (Wildman–Crippen LogP) is 4.56. The summed E-state index contributed by atoms with van der Waals surface area (Å²) in [6.07, 6.45) is 8.51. The van der Waals surface area contributed by atoms with E-state index in [0.29, 0.717) is 13.0 Å². The summed E-state index contributed by atoms with van der Waals surface area (Å²) in [5.74, 6) is 0.219. The number of piperidine rings is 1. The highest BCUT2D eigenvalue weighted by Crippen LogP contribution is 2.32. The van der Waals surface area contributed by atoms with Crippen LogP contribution in [0, 0.1) is 0 Å². The summed E-state index contributed by atoms with van der Waals surface area (Å²) in [5, 5.41) is 0. The van der Waals surface area contributed by atoms with E-state index in [1.165, 1.54) is 19.3 Å². The van der Waals surface area contributed by atoms with E-state index in [4.69, 9.17) is 10.5 Å². The maximum absolute atomic E-state index is 12.5. The van der Waals surface area contributed by atoms with E-state index in [-0.39, 0.29) is 11.4 Å². The van der Waals surface area contributed by atoms with Crippen molar-refractivity contribution >= 4 is 5.78 Å². The number of Topliss-reactive ketones (excluding diaryl/α,β-unsaturated/α-hetero) is 1. The number of carbonyl (C=O) groups is 1. The van der Waals surface area contributed by atoms with Gasteiger partial charge in [-0.2, -0.15) is 0 Å². The zero-order valence-corrected chi connectivity index (χ0v) is 17.3. The molecule has 0 spiro atoms. The number of benzene rings is 1. The van der Waals surface area contributed by atoms with Crippen LogP contribution in [0.3, 0.4) is 0 Å².